The Bertz CT molecular complexity index is 490. The van der Waals surface area contributed by atoms with E-state index in [1.807, 2.05) is 13.0 Å². The number of carbonyl (C=O) groups excluding carboxylic acids is 2. The van der Waals surface area contributed by atoms with Gasteiger partial charge in [0.05, 0.1) is 17.5 Å². The summed E-state index contributed by atoms with van der Waals surface area (Å²) in [6.07, 6.45) is 0. The molecule has 1 atom stereocenters. The highest BCUT2D eigenvalue weighted by Gasteiger charge is 2.23. The molecule has 0 aromatic heterocycles. The third-order valence-corrected chi connectivity index (χ3v) is 3.66. The van der Waals surface area contributed by atoms with Gasteiger partial charge in [0.25, 0.3) is 5.91 Å². The van der Waals surface area contributed by atoms with Crippen LogP contribution in [0.1, 0.15) is 24.2 Å². The third-order valence-electron chi connectivity index (χ3n) is 2.48. The summed E-state index contributed by atoms with van der Waals surface area (Å²) in [6, 6.07) is 5.20. The fourth-order valence-corrected chi connectivity index (χ4v) is 2.48. The Morgan fingerprint density at radius 2 is 2.33 bits per heavy atom. The van der Waals surface area contributed by atoms with Gasteiger partial charge < -0.3 is 5.32 Å². The van der Waals surface area contributed by atoms with Gasteiger partial charge >= 0.3 is 0 Å². The van der Waals surface area contributed by atoms with Crippen molar-refractivity contribution < 1.29 is 14.4 Å². The van der Waals surface area contributed by atoms with Gasteiger partial charge in [0, 0.05) is 10.5 Å². The maximum atomic E-state index is 11.7. The Hall–Kier alpha value is -1.53. The lowest BCUT2D eigenvalue weighted by atomic mass is 10.2. The van der Waals surface area contributed by atoms with Crippen LogP contribution in [0.4, 0.5) is 5.69 Å². The Balaban J connectivity index is 2.19. The minimum absolute atomic E-state index is 0.0464. The molecule has 0 unspecified atom stereocenters. The van der Waals surface area contributed by atoms with E-state index in [4.69, 9.17) is 4.84 Å². The van der Waals surface area contributed by atoms with Gasteiger partial charge in [-0.15, -0.1) is 11.8 Å². The number of hydrogen-bond acceptors (Lipinski definition) is 4. The van der Waals surface area contributed by atoms with E-state index in [0.717, 1.165) is 4.90 Å². The quantitative estimate of drug-likeness (QED) is 0.819. The predicted molar refractivity (Wildman–Crippen MR) is 69.5 cm³/mol. The summed E-state index contributed by atoms with van der Waals surface area (Å²) in [6.45, 7) is 4.03. The van der Waals surface area contributed by atoms with Crippen molar-refractivity contribution in [3.63, 3.8) is 0 Å². The topological polar surface area (TPSA) is 67.4 Å². The lowest BCUT2D eigenvalue weighted by molar-refractivity contribution is -0.115. The van der Waals surface area contributed by atoms with E-state index in [-0.39, 0.29) is 17.1 Å². The van der Waals surface area contributed by atoms with Crippen molar-refractivity contribution in [3.05, 3.63) is 23.8 Å². The molecule has 6 heteroatoms. The van der Waals surface area contributed by atoms with E-state index in [1.165, 1.54) is 11.8 Å². The molecule has 0 aliphatic carbocycles. The lowest BCUT2D eigenvalue weighted by Crippen LogP contribution is -2.27. The van der Waals surface area contributed by atoms with Crippen LogP contribution >= 0.6 is 11.8 Å². The molecule has 5 nitrogen and oxygen atoms in total. The number of rotatable bonds is 3. The first kappa shape index (κ1) is 12.9. The molecule has 1 aromatic carbocycles. The molecule has 0 saturated heterocycles. The molecule has 96 valence electrons. The van der Waals surface area contributed by atoms with Crippen LogP contribution in [0.2, 0.25) is 0 Å². The second-order valence-electron chi connectivity index (χ2n) is 3.82. The fourth-order valence-electron chi connectivity index (χ4n) is 1.55. The van der Waals surface area contributed by atoms with Gasteiger partial charge in [0.1, 0.15) is 0 Å². The normalized spacial score (nSPS) is 17.9. The molecule has 2 amide bonds. The number of fused-ring (bicyclic) bond motifs is 1. The molecular formula is C12H14N2O3S. The molecule has 0 radical (unpaired) electrons. The molecule has 2 N–H and O–H groups in total. The van der Waals surface area contributed by atoms with Gasteiger partial charge in [-0.2, -0.15) is 0 Å². The number of anilines is 1. The smallest absolute Gasteiger partial charge is 0.274 e. The van der Waals surface area contributed by atoms with Crippen molar-refractivity contribution in [2.24, 2.45) is 0 Å². The maximum absolute atomic E-state index is 11.7. The summed E-state index contributed by atoms with van der Waals surface area (Å²) in [7, 11) is 0. The van der Waals surface area contributed by atoms with Gasteiger partial charge in [0.2, 0.25) is 5.91 Å². The molecule has 18 heavy (non-hydrogen) atoms. The van der Waals surface area contributed by atoms with E-state index >= 15 is 0 Å². The number of nitrogens with one attached hydrogen (secondary N) is 2. The van der Waals surface area contributed by atoms with Gasteiger partial charge in [-0.05, 0) is 32.0 Å². The maximum Gasteiger partial charge on any atom is 0.274 e. The molecule has 1 aliphatic rings. The number of hydrogen-bond donors (Lipinski definition) is 2. The van der Waals surface area contributed by atoms with Crippen LogP contribution in [0.25, 0.3) is 0 Å². The van der Waals surface area contributed by atoms with Crippen LogP contribution < -0.4 is 10.8 Å². The van der Waals surface area contributed by atoms with E-state index < -0.39 is 0 Å². The molecule has 0 fully saturated rings. The van der Waals surface area contributed by atoms with Gasteiger partial charge in [-0.3, -0.25) is 14.4 Å². The fraction of sp³-hybridized carbons (Fsp3) is 0.333. The van der Waals surface area contributed by atoms with Crippen LogP contribution in [0.3, 0.4) is 0 Å². The Morgan fingerprint density at radius 3 is 3.06 bits per heavy atom. The summed E-state index contributed by atoms with van der Waals surface area (Å²) >= 11 is 1.48. The van der Waals surface area contributed by atoms with Crippen LogP contribution in [0, 0.1) is 0 Å². The molecule has 2 rings (SSSR count). The van der Waals surface area contributed by atoms with Gasteiger partial charge in [-0.1, -0.05) is 0 Å². The average Bonchev–Trinajstić information content (AvgIpc) is 2.36. The Kier molecular flexibility index (Phi) is 3.88. The van der Waals surface area contributed by atoms with E-state index in [9.17, 15) is 9.59 Å². The van der Waals surface area contributed by atoms with Crippen molar-refractivity contribution in [2.75, 3.05) is 11.9 Å². The van der Waals surface area contributed by atoms with Crippen LogP contribution in [-0.4, -0.2) is 23.7 Å². The first-order chi connectivity index (χ1) is 8.61. The largest absolute Gasteiger partial charge is 0.324 e. The summed E-state index contributed by atoms with van der Waals surface area (Å²) in [4.78, 5) is 29.0. The van der Waals surface area contributed by atoms with Gasteiger partial charge in [-0.25, -0.2) is 5.48 Å². The van der Waals surface area contributed by atoms with Crippen LogP contribution in [0.5, 0.6) is 0 Å². The van der Waals surface area contributed by atoms with E-state index in [1.54, 1.807) is 19.1 Å². The Labute approximate surface area is 109 Å². The summed E-state index contributed by atoms with van der Waals surface area (Å²) in [5.41, 5.74) is 3.45. The summed E-state index contributed by atoms with van der Waals surface area (Å²) in [5, 5.41) is 2.67. The zero-order valence-electron chi connectivity index (χ0n) is 10.1. The van der Waals surface area contributed by atoms with Gasteiger partial charge in [0.15, 0.2) is 0 Å². The number of benzene rings is 1. The zero-order chi connectivity index (χ0) is 13.1. The van der Waals surface area contributed by atoms with E-state index in [0.29, 0.717) is 17.9 Å². The molecule has 1 aromatic rings. The average molecular weight is 266 g/mol. The zero-order valence-corrected chi connectivity index (χ0v) is 11.0. The highest BCUT2D eigenvalue weighted by molar-refractivity contribution is 8.00. The first-order valence-corrected chi connectivity index (χ1v) is 6.53. The molecule has 0 saturated carbocycles. The van der Waals surface area contributed by atoms with Crippen LogP contribution in [0.15, 0.2) is 23.1 Å². The number of amides is 2. The van der Waals surface area contributed by atoms with Crippen molar-refractivity contribution in [1.82, 2.24) is 5.48 Å². The van der Waals surface area contributed by atoms with Crippen molar-refractivity contribution >= 4 is 29.3 Å². The lowest BCUT2D eigenvalue weighted by Gasteiger charge is -2.21. The number of carbonyl (C=O) groups is 2. The Morgan fingerprint density at radius 1 is 1.56 bits per heavy atom. The number of hydroxylamine groups is 1. The standard InChI is InChI=1S/C12H14N2O3S/c1-3-17-14-12(16)8-4-5-10-9(6-8)13-11(15)7(2)18-10/h4-7H,3H2,1-2H3,(H,13,15)(H,14,16)/t7-/m0/s1. The minimum atomic E-state index is -0.322. The predicted octanol–water partition coefficient (Wildman–Crippen LogP) is 1.80. The van der Waals surface area contributed by atoms with Crippen molar-refractivity contribution in [2.45, 2.75) is 24.0 Å². The van der Waals surface area contributed by atoms with Crippen molar-refractivity contribution in [3.8, 4) is 0 Å². The highest BCUT2D eigenvalue weighted by Crippen LogP contribution is 2.35. The second-order valence-corrected chi connectivity index (χ2v) is 5.21. The number of thioether (sulfide) groups is 1. The molecule has 1 aliphatic heterocycles. The third kappa shape index (κ3) is 2.65. The van der Waals surface area contributed by atoms with Crippen molar-refractivity contribution in [1.29, 1.82) is 0 Å². The molecular weight excluding hydrogens is 252 g/mol. The highest BCUT2D eigenvalue weighted by atomic mass is 32.2. The SMILES string of the molecule is CCONC(=O)c1ccc2c(c1)NC(=O)[C@H](C)S2. The second kappa shape index (κ2) is 5.41. The molecule has 0 bridgehead atoms. The first-order valence-electron chi connectivity index (χ1n) is 5.65. The molecule has 0 spiro atoms. The summed E-state index contributed by atoms with van der Waals surface area (Å²) in [5.74, 6) is -0.368. The molecule has 1 heterocycles. The summed E-state index contributed by atoms with van der Waals surface area (Å²) < 4.78 is 0. The van der Waals surface area contributed by atoms with E-state index in [2.05, 4.69) is 10.8 Å². The monoisotopic (exact) mass is 266 g/mol. The van der Waals surface area contributed by atoms with Crippen LogP contribution in [-0.2, 0) is 9.63 Å². The minimum Gasteiger partial charge on any atom is -0.324 e.